The average Bonchev–Trinajstić information content (AvgIpc) is 2.02. The Morgan fingerprint density at radius 1 is 1.36 bits per heavy atom. The number of ether oxygens (including phenoxy) is 2. The first-order valence-corrected chi connectivity index (χ1v) is 4.95. The monoisotopic (exact) mass is 203 g/mol. The molecular formula is C10H21NO3. The second-order valence-corrected chi connectivity index (χ2v) is 3.73. The van der Waals surface area contributed by atoms with Gasteiger partial charge in [-0.1, -0.05) is 6.92 Å². The molecule has 1 unspecified atom stereocenters. The average molecular weight is 203 g/mol. The quantitative estimate of drug-likeness (QED) is 0.622. The van der Waals surface area contributed by atoms with Crippen LogP contribution in [0, 0.1) is 5.92 Å². The maximum absolute atomic E-state index is 11.1. The molecule has 4 nitrogen and oxygen atoms in total. The van der Waals surface area contributed by atoms with Crippen LogP contribution in [-0.2, 0) is 14.3 Å². The van der Waals surface area contributed by atoms with E-state index >= 15 is 0 Å². The summed E-state index contributed by atoms with van der Waals surface area (Å²) in [6, 6.07) is 0. The molecule has 1 N–H and O–H groups in total. The molecule has 0 aromatic rings. The van der Waals surface area contributed by atoms with Gasteiger partial charge in [0.1, 0.15) is 0 Å². The molecule has 0 aliphatic heterocycles. The lowest BCUT2D eigenvalue weighted by Gasteiger charge is -2.12. The van der Waals surface area contributed by atoms with Crippen molar-refractivity contribution in [3.8, 4) is 0 Å². The summed E-state index contributed by atoms with van der Waals surface area (Å²) in [5.74, 6) is 0.205. The fourth-order valence-corrected chi connectivity index (χ4v) is 1.07. The molecule has 0 fully saturated rings. The van der Waals surface area contributed by atoms with Gasteiger partial charge in [-0.05, 0) is 19.8 Å². The Morgan fingerprint density at radius 2 is 2.00 bits per heavy atom. The molecule has 0 amide bonds. The van der Waals surface area contributed by atoms with E-state index in [1.165, 1.54) is 0 Å². The van der Waals surface area contributed by atoms with E-state index in [0.717, 1.165) is 6.54 Å². The van der Waals surface area contributed by atoms with Crippen LogP contribution >= 0.6 is 0 Å². The van der Waals surface area contributed by atoms with Crippen molar-refractivity contribution in [3.05, 3.63) is 0 Å². The molecule has 1 atom stereocenters. The summed E-state index contributed by atoms with van der Waals surface area (Å²) in [6.07, 6.45) is -0.0410. The Labute approximate surface area is 86.0 Å². The number of carbonyl (C=O) groups is 1. The molecular weight excluding hydrogens is 182 g/mol. The van der Waals surface area contributed by atoms with Crippen molar-refractivity contribution in [1.29, 1.82) is 0 Å². The van der Waals surface area contributed by atoms with Crippen LogP contribution in [0.1, 0.15) is 20.8 Å². The van der Waals surface area contributed by atoms with Crippen molar-refractivity contribution < 1.29 is 14.3 Å². The SMILES string of the molecule is COCC(C)CNCC(=O)OC(C)C. The van der Waals surface area contributed by atoms with Crippen LogP contribution in [0.25, 0.3) is 0 Å². The molecule has 84 valence electrons. The van der Waals surface area contributed by atoms with E-state index in [-0.39, 0.29) is 18.6 Å². The van der Waals surface area contributed by atoms with Gasteiger partial charge in [0.2, 0.25) is 0 Å². The Morgan fingerprint density at radius 3 is 2.50 bits per heavy atom. The number of esters is 1. The van der Waals surface area contributed by atoms with E-state index in [4.69, 9.17) is 9.47 Å². The van der Waals surface area contributed by atoms with Crippen molar-refractivity contribution in [2.45, 2.75) is 26.9 Å². The summed E-state index contributed by atoms with van der Waals surface area (Å²) < 4.78 is 9.93. The largest absolute Gasteiger partial charge is 0.462 e. The highest BCUT2D eigenvalue weighted by Crippen LogP contribution is 1.92. The maximum Gasteiger partial charge on any atom is 0.320 e. The van der Waals surface area contributed by atoms with Gasteiger partial charge in [0, 0.05) is 20.3 Å². The van der Waals surface area contributed by atoms with Crippen molar-refractivity contribution in [2.24, 2.45) is 5.92 Å². The Kier molecular flexibility index (Phi) is 7.42. The lowest BCUT2D eigenvalue weighted by molar-refractivity contribution is -0.146. The molecule has 0 aromatic carbocycles. The van der Waals surface area contributed by atoms with Gasteiger partial charge in [-0.25, -0.2) is 0 Å². The molecule has 0 aromatic heterocycles. The zero-order valence-electron chi connectivity index (χ0n) is 9.50. The molecule has 0 heterocycles. The van der Waals surface area contributed by atoms with Crippen LogP contribution in [0.15, 0.2) is 0 Å². The highest BCUT2D eigenvalue weighted by molar-refractivity contribution is 5.71. The standard InChI is InChI=1S/C10H21NO3/c1-8(2)14-10(12)6-11-5-9(3)7-13-4/h8-9,11H,5-7H2,1-4H3. The van der Waals surface area contributed by atoms with Gasteiger partial charge in [0.25, 0.3) is 0 Å². The van der Waals surface area contributed by atoms with Gasteiger partial charge in [-0.15, -0.1) is 0 Å². The predicted molar refractivity (Wildman–Crippen MR) is 55.1 cm³/mol. The molecule has 0 rings (SSSR count). The van der Waals surface area contributed by atoms with Gasteiger partial charge < -0.3 is 14.8 Å². The zero-order valence-corrected chi connectivity index (χ0v) is 9.50. The van der Waals surface area contributed by atoms with E-state index in [0.29, 0.717) is 12.5 Å². The highest BCUT2D eigenvalue weighted by Gasteiger charge is 2.06. The van der Waals surface area contributed by atoms with Crippen molar-refractivity contribution >= 4 is 5.97 Å². The third-order valence-electron chi connectivity index (χ3n) is 1.58. The highest BCUT2D eigenvalue weighted by atomic mass is 16.5. The molecule has 0 bridgehead atoms. The minimum absolute atomic E-state index is 0.0410. The number of hydrogen-bond donors (Lipinski definition) is 1. The van der Waals surface area contributed by atoms with Crippen molar-refractivity contribution in [2.75, 3.05) is 26.8 Å². The third kappa shape index (κ3) is 8.01. The van der Waals surface area contributed by atoms with E-state index in [2.05, 4.69) is 12.2 Å². The van der Waals surface area contributed by atoms with E-state index < -0.39 is 0 Å². The van der Waals surface area contributed by atoms with Crippen LogP contribution in [0.3, 0.4) is 0 Å². The molecule has 0 saturated carbocycles. The second-order valence-electron chi connectivity index (χ2n) is 3.73. The van der Waals surface area contributed by atoms with Crippen LogP contribution in [0.4, 0.5) is 0 Å². The van der Waals surface area contributed by atoms with Crippen LogP contribution in [0.5, 0.6) is 0 Å². The number of carbonyl (C=O) groups excluding carboxylic acids is 1. The van der Waals surface area contributed by atoms with E-state index in [1.807, 2.05) is 13.8 Å². The second kappa shape index (κ2) is 7.76. The lowest BCUT2D eigenvalue weighted by Crippen LogP contribution is -2.31. The van der Waals surface area contributed by atoms with Gasteiger partial charge in [0.05, 0.1) is 12.6 Å². The number of methoxy groups -OCH3 is 1. The first kappa shape index (κ1) is 13.4. The summed E-state index contributed by atoms with van der Waals surface area (Å²) in [5, 5.41) is 3.02. The molecule has 4 heteroatoms. The number of hydrogen-bond acceptors (Lipinski definition) is 4. The van der Waals surface area contributed by atoms with Gasteiger partial charge in [-0.2, -0.15) is 0 Å². The van der Waals surface area contributed by atoms with Crippen LogP contribution in [0.2, 0.25) is 0 Å². The van der Waals surface area contributed by atoms with Crippen LogP contribution < -0.4 is 5.32 Å². The van der Waals surface area contributed by atoms with E-state index in [9.17, 15) is 4.79 Å². The smallest absolute Gasteiger partial charge is 0.320 e. The molecule has 0 saturated heterocycles. The molecule has 14 heavy (non-hydrogen) atoms. The fourth-order valence-electron chi connectivity index (χ4n) is 1.07. The first-order chi connectivity index (χ1) is 6.56. The van der Waals surface area contributed by atoms with Gasteiger partial charge >= 0.3 is 5.97 Å². The van der Waals surface area contributed by atoms with Gasteiger partial charge in [-0.3, -0.25) is 4.79 Å². The summed E-state index contributed by atoms with van der Waals surface area (Å²) in [7, 11) is 1.67. The maximum atomic E-state index is 11.1. The van der Waals surface area contributed by atoms with E-state index in [1.54, 1.807) is 7.11 Å². The number of nitrogens with one attached hydrogen (secondary N) is 1. The van der Waals surface area contributed by atoms with Crippen LogP contribution in [-0.4, -0.2) is 38.9 Å². The lowest BCUT2D eigenvalue weighted by atomic mass is 10.2. The molecule has 0 radical (unpaired) electrons. The number of rotatable bonds is 7. The minimum Gasteiger partial charge on any atom is -0.462 e. The minimum atomic E-state index is -0.204. The van der Waals surface area contributed by atoms with Crippen molar-refractivity contribution in [3.63, 3.8) is 0 Å². The zero-order chi connectivity index (χ0) is 11.0. The van der Waals surface area contributed by atoms with Gasteiger partial charge in [0.15, 0.2) is 0 Å². The third-order valence-corrected chi connectivity index (χ3v) is 1.58. The molecule has 0 spiro atoms. The topological polar surface area (TPSA) is 47.6 Å². The summed E-state index contributed by atoms with van der Waals surface area (Å²) in [6.45, 7) is 7.47. The summed E-state index contributed by atoms with van der Waals surface area (Å²) in [4.78, 5) is 11.1. The van der Waals surface area contributed by atoms with Crippen molar-refractivity contribution in [1.82, 2.24) is 5.32 Å². The summed E-state index contributed by atoms with van der Waals surface area (Å²) >= 11 is 0. The Balaban J connectivity index is 3.39. The predicted octanol–water partition coefficient (Wildman–Crippen LogP) is 0.810. The Bertz CT molecular complexity index is 159. The molecule has 0 aliphatic rings. The summed E-state index contributed by atoms with van der Waals surface area (Å²) in [5.41, 5.74) is 0. The fraction of sp³-hybridized carbons (Fsp3) is 0.900. The molecule has 0 aliphatic carbocycles. The Hall–Kier alpha value is -0.610. The normalized spacial score (nSPS) is 12.9. The first-order valence-electron chi connectivity index (χ1n) is 4.95.